The third-order valence-electron chi connectivity index (χ3n) is 5.88. The first kappa shape index (κ1) is 26.3. The van der Waals surface area contributed by atoms with Crippen LogP contribution >= 0.6 is 0 Å². The highest BCUT2D eigenvalue weighted by Gasteiger charge is 2.39. The van der Waals surface area contributed by atoms with Gasteiger partial charge in [-0.1, -0.05) is 76.9 Å². The van der Waals surface area contributed by atoms with Crippen LogP contribution in [-0.4, -0.2) is 26.7 Å². The SMILES string of the molecule is CCCCC[C@H](C/C=C/C(=O)C[C@@H](O[Si](C)(C)C(C)(C)C)c1ccccc1)OC=O. The molecule has 0 aliphatic rings. The zero-order valence-electron chi connectivity index (χ0n) is 19.6. The maximum Gasteiger partial charge on any atom is 0.293 e. The molecule has 0 aliphatic carbocycles. The van der Waals surface area contributed by atoms with Crippen LogP contribution in [0.4, 0.5) is 0 Å². The lowest BCUT2D eigenvalue weighted by Crippen LogP contribution is -2.42. The molecule has 1 aromatic carbocycles. The molecular formula is C25H40O4Si. The van der Waals surface area contributed by atoms with Crippen LogP contribution in [0, 0.1) is 0 Å². The third kappa shape index (κ3) is 9.39. The summed E-state index contributed by atoms with van der Waals surface area (Å²) in [4.78, 5) is 23.4. The Balaban J connectivity index is 2.79. The first-order valence-electron chi connectivity index (χ1n) is 11.1. The van der Waals surface area contributed by atoms with Crippen molar-refractivity contribution in [3.8, 4) is 0 Å². The molecule has 0 unspecified atom stereocenters. The van der Waals surface area contributed by atoms with Crippen LogP contribution in [-0.2, 0) is 18.8 Å². The minimum Gasteiger partial charge on any atom is -0.464 e. The van der Waals surface area contributed by atoms with Crippen LogP contribution in [0.3, 0.4) is 0 Å². The first-order valence-corrected chi connectivity index (χ1v) is 14.0. The lowest BCUT2D eigenvalue weighted by atomic mass is 10.0. The van der Waals surface area contributed by atoms with Gasteiger partial charge in [-0.15, -0.1) is 0 Å². The summed E-state index contributed by atoms with van der Waals surface area (Å²) in [6.45, 7) is 13.7. The molecule has 0 bridgehead atoms. The minimum absolute atomic E-state index is 0.0287. The van der Waals surface area contributed by atoms with Gasteiger partial charge in [0.05, 0.1) is 6.10 Å². The number of unbranched alkanes of at least 4 members (excludes halogenated alkanes) is 2. The molecule has 0 radical (unpaired) electrons. The average molecular weight is 433 g/mol. The summed E-state index contributed by atoms with van der Waals surface area (Å²) in [6, 6.07) is 9.98. The molecule has 0 fully saturated rings. The van der Waals surface area contributed by atoms with E-state index in [2.05, 4.69) is 40.8 Å². The van der Waals surface area contributed by atoms with Crippen molar-refractivity contribution in [2.24, 2.45) is 0 Å². The standard InChI is InChI=1S/C25H40O4Si/c1-7-8-10-17-23(28-20-26)18-13-16-22(27)19-24(21-14-11-9-12-15-21)29-30(5,6)25(2,3)4/h9,11-16,20,23-24H,7-8,10,17-19H2,1-6H3/b16-13+/t23-,24-/m1/s1. The number of hydrogen-bond donors (Lipinski definition) is 0. The zero-order chi connectivity index (χ0) is 22.6. The number of benzene rings is 1. The minimum atomic E-state index is -2.03. The number of carbonyl (C=O) groups excluding carboxylic acids is 2. The van der Waals surface area contributed by atoms with Gasteiger partial charge in [-0.2, -0.15) is 0 Å². The van der Waals surface area contributed by atoms with Crippen molar-refractivity contribution in [2.45, 2.75) is 96.6 Å². The number of allylic oxidation sites excluding steroid dienone is 1. The number of ketones is 1. The summed E-state index contributed by atoms with van der Waals surface area (Å²) in [5.41, 5.74) is 1.03. The average Bonchev–Trinajstić information content (AvgIpc) is 2.67. The molecule has 4 nitrogen and oxygen atoms in total. The number of carbonyl (C=O) groups is 2. The number of rotatable bonds is 14. The molecule has 168 valence electrons. The van der Waals surface area contributed by atoms with Crippen molar-refractivity contribution in [3.63, 3.8) is 0 Å². The predicted octanol–water partition coefficient (Wildman–Crippen LogP) is 6.78. The molecular weight excluding hydrogens is 392 g/mol. The Morgan fingerprint density at radius 3 is 2.37 bits per heavy atom. The van der Waals surface area contributed by atoms with Crippen LogP contribution in [0.2, 0.25) is 18.1 Å². The molecule has 0 aromatic heterocycles. The van der Waals surface area contributed by atoms with Gasteiger partial charge in [0, 0.05) is 12.8 Å². The second-order valence-corrected chi connectivity index (χ2v) is 14.2. The van der Waals surface area contributed by atoms with Gasteiger partial charge >= 0.3 is 0 Å². The monoisotopic (exact) mass is 432 g/mol. The van der Waals surface area contributed by atoms with E-state index in [-0.39, 0.29) is 23.0 Å². The maximum atomic E-state index is 12.7. The Kier molecular flexibility index (Phi) is 11.3. The summed E-state index contributed by atoms with van der Waals surface area (Å²) in [5.74, 6) is 0.0287. The summed E-state index contributed by atoms with van der Waals surface area (Å²) in [6.07, 6.45) is 7.99. The van der Waals surface area contributed by atoms with Crippen LogP contribution in [0.5, 0.6) is 0 Å². The van der Waals surface area contributed by atoms with Crippen LogP contribution < -0.4 is 0 Å². The van der Waals surface area contributed by atoms with Crippen molar-refractivity contribution >= 4 is 20.6 Å². The largest absolute Gasteiger partial charge is 0.464 e. The van der Waals surface area contributed by atoms with E-state index in [1.165, 1.54) is 0 Å². The fraction of sp³-hybridized carbons (Fsp3) is 0.600. The molecule has 2 atom stereocenters. The number of ether oxygens (including phenoxy) is 1. The smallest absolute Gasteiger partial charge is 0.293 e. The van der Waals surface area contributed by atoms with E-state index in [1.54, 1.807) is 6.08 Å². The summed E-state index contributed by atoms with van der Waals surface area (Å²) < 4.78 is 11.8. The van der Waals surface area contributed by atoms with E-state index in [0.29, 0.717) is 19.3 Å². The van der Waals surface area contributed by atoms with Crippen molar-refractivity contribution in [1.82, 2.24) is 0 Å². The predicted molar refractivity (Wildman–Crippen MR) is 126 cm³/mol. The highest BCUT2D eigenvalue weighted by molar-refractivity contribution is 6.74. The van der Waals surface area contributed by atoms with E-state index in [1.807, 2.05) is 36.4 Å². The van der Waals surface area contributed by atoms with Gasteiger partial charge < -0.3 is 9.16 Å². The molecule has 0 aliphatic heterocycles. The lowest BCUT2D eigenvalue weighted by Gasteiger charge is -2.39. The van der Waals surface area contributed by atoms with Gasteiger partial charge in [0.25, 0.3) is 6.47 Å². The van der Waals surface area contributed by atoms with Crippen molar-refractivity contribution in [2.75, 3.05) is 0 Å². The van der Waals surface area contributed by atoms with E-state index >= 15 is 0 Å². The Bertz CT molecular complexity index is 661. The van der Waals surface area contributed by atoms with Crippen LogP contribution in [0.25, 0.3) is 0 Å². The van der Waals surface area contributed by atoms with Gasteiger partial charge in [-0.3, -0.25) is 9.59 Å². The highest BCUT2D eigenvalue weighted by atomic mass is 28.4. The normalized spacial score (nSPS) is 14.5. The van der Waals surface area contributed by atoms with Crippen molar-refractivity contribution < 1.29 is 18.8 Å². The number of hydrogen-bond acceptors (Lipinski definition) is 4. The molecule has 0 saturated heterocycles. The second kappa shape index (κ2) is 12.9. The zero-order valence-corrected chi connectivity index (χ0v) is 20.6. The van der Waals surface area contributed by atoms with E-state index in [0.717, 1.165) is 31.2 Å². The molecule has 0 N–H and O–H groups in total. The molecule has 0 heterocycles. The topological polar surface area (TPSA) is 52.6 Å². The van der Waals surface area contributed by atoms with Crippen molar-refractivity contribution in [1.29, 1.82) is 0 Å². The third-order valence-corrected chi connectivity index (χ3v) is 10.4. The van der Waals surface area contributed by atoms with Crippen LogP contribution in [0.1, 0.15) is 77.9 Å². The maximum absolute atomic E-state index is 12.7. The molecule has 0 saturated carbocycles. The van der Waals surface area contributed by atoms with Gasteiger partial charge in [0.2, 0.25) is 0 Å². The van der Waals surface area contributed by atoms with E-state index in [9.17, 15) is 9.59 Å². The molecule has 30 heavy (non-hydrogen) atoms. The quantitative estimate of drug-likeness (QED) is 0.141. The van der Waals surface area contributed by atoms with Gasteiger partial charge in [-0.05, 0) is 42.6 Å². The van der Waals surface area contributed by atoms with E-state index in [4.69, 9.17) is 9.16 Å². The Labute approximate surface area is 184 Å². The Morgan fingerprint density at radius 1 is 1.13 bits per heavy atom. The fourth-order valence-electron chi connectivity index (χ4n) is 2.97. The summed E-state index contributed by atoms with van der Waals surface area (Å²) in [7, 11) is -2.03. The molecule has 0 spiro atoms. The molecule has 5 heteroatoms. The second-order valence-electron chi connectivity index (χ2n) is 9.44. The molecule has 1 rings (SSSR count). The van der Waals surface area contributed by atoms with Crippen LogP contribution in [0.15, 0.2) is 42.5 Å². The lowest BCUT2D eigenvalue weighted by molar-refractivity contribution is -0.133. The Hall–Kier alpha value is -1.72. The fourth-order valence-corrected chi connectivity index (χ4v) is 4.26. The summed E-state index contributed by atoms with van der Waals surface area (Å²) in [5, 5.41) is 0.0663. The Morgan fingerprint density at radius 2 is 1.80 bits per heavy atom. The highest BCUT2D eigenvalue weighted by Crippen LogP contribution is 2.40. The van der Waals surface area contributed by atoms with E-state index < -0.39 is 8.32 Å². The first-order chi connectivity index (χ1) is 14.1. The molecule has 0 amide bonds. The van der Waals surface area contributed by atoms with Gasteiger partial charge in [0.1, 0.15) is 6.10 Å². The molecule has 1 aromatic rings. The van der Waals surface area contributed by atoms with Gasteiger partial charge in [0.15, 0.2) is 14.1 Å². The van der Waals surface area contributed by atoms with Gasteiger partial charge in [-0.25, -0.2) is 0 Å². The summed E-state index contributed by atoms with van der Waals surface area (Å²) >= 11 is 0. The van der Waals surface area contributed by atoms with Crippen molar-refractivity contribution in [3.05, 3.63) is 48.0 Å².